The predicted octanol–water partition coefficient (Wildman–Crippen LogP) is 5.78. The monoisotopic (exact) mass is 628 g/mol. The fourth-order valence-corrected chi connectivity index (χ4v) is 6.85. The Bertz CT molecular complexity index is 1750. The molecule has 5 aromatic rings. The van der Waals surface area contributed by atoms with Gasteiger partial charge in [0.15, 0.2) is 11.4 Å². The average molecular weight is 629 g/mol. The number of hydrogen-bond donors (Lipinski definition) is 3. The lowest BCUT2D eigenvalue weighted by atomic mass is 9.99. The molecular formula is C33H32N4O5S2. The van der Waals surface area contributed by atoms with Crippen molar-refractivity contribution in [3.63, 3.8) is 0 Å². The first-order chi connectivity index (χ1) is 21.5. The molecule has 1 aliphatic heterocycles. The van der Waals surface area contributed by atoms with Crippen LogP contribution >= 0.6 is 11.8 Å². The van der Waals surface area contributed by atoms with Crippen LogP contribution in [0.3, 0.4) is 0 Å². The van der Waals surface area contributed by atoms with Crippen LogP contribution < -0.4 is 4.72 Å². The van der Waals surface area contributed by atoms with Crippen LogP contribution in [0.1, 0.15) is 41.1 Å². The first-order valence-electron chi connectivity index (χ1n) is 14.2. The van der Waals surface area contributed by atoms with Gasteiger partial charge < -0.3 is 14.6 Å². The lowest BCUT2D eigenvalue weighted by Gasteiger charge is -2.36. The Morgan fingerprint density at radius 1 is 0.864 bits per heavy atom. The summed E-state index contributed by atoms with van der Waals surface area (Å²) in [4.78, 5) is 4.45. The third-order valence-electron chi connectivity index (χ3n) is 7.38. The average Bonchev–Trinajstić information content (AvgIpc) is 3.61. The summed E-state index contributed by atoms with van der Waals surface area (Å²) in [5, 5.41) is 17.0. The highest BCUT2D eigenvalue weighted by molar-refractivity contribution is 7.99. The van der Waals surface area contributed by atoms with E-state index in [0.717, 1.165) is 38.5 Å². The van der Waals surface area contributed by atoms with E-state index in [2.05, 4.69) is 19.9 Å². The number of H-pyrrole nitrogens is 1. The second-order valence-electron chi connectivity index (χ2n) is 10.4. The van der Waals surface area contributed by atoms with Gasteiger partial charge in [0.25, 0.3) is 0 Å². The molecule has 4 aromatic carbocycles. The Morgan fingerprint density at radius 3 is 2.36 bits per heavy atom. The Labute approximate surface area is 260 Å². The molecule has 9 nitrogen and oxygen atoms in total. The largest absolute Gasteiger partial charge is 0.392 e. The van der Waals surface area contributed by atoms with Crippen molar-refractivity contribution >= 4 is 21.8 Å². The first kappa shape index (κ1) is 30.2. The summed E-state index contributed by atoms with van der Waals surface area (Å²) in [6.07, 6.45) is 1.32. The number of benzene rings is 4. The topological polar surface area (TPSA) is 126 Å². The van der Waals surface area contributed by atoms with E-state index in [1.165, 1.54) is 6.33 Å². The number of aromatic nitrogens is 3. The Balaban J connectivity index is 1.16. The summed E-state index contributed by atoms with van der Waals surface area (Å²) in [6, 6.07) is 32.0. The highest BCUT2D eigenvalue weighted by atomic mass is 32.2. The summed E-state index contributed by atoms with van der Waals surface area (Å²) in [5.74, 6) is 0.680. The Hall–Kier alpha value is -3.84. The highest BCUT2D eigenvalue weighted by Gasteiger charge is 2.32. The van der Waals surface area contributed by atoms with Gasteiger partial charge in [-0.1, -0.05) is 96.7 Å². The van der Waals surface area contributed by atoms with Crippen molar-refractivity contribution in [3.8, 4) is 11.1 Å². The quantitative estimate of drug-likeness (QED) is 0.157. The van der Waals surface area contributed by atoms with Crippen LogP contribution in [0, 0.1) is 0 Å². The van der Waals surface area contributed by atoms with Crippen LogP contribution in [0.5, 0.6) is 0 Å². The fraction of sp³-hybridized carbons (Fsp3) is 0.212. The molecule has 3 N–H and O–H groups in total. The van der Waals surface area contributed by atoms with E-state index in [1.54, 1.807) is 42.1 Å². The molecule has 0 spiro atoms. The third kappa shape index (κ3) is 7.44. The molecule has 1 fully saturated rings. The third-order valence-corrected chi connectivity index (χ3v) is 9.80. The Morgan fingerprint density at radius 2 is 1.64 bits per heavy atom. The molecule has 0 aliphatic carbocycles. The van der Waals surface area contributed by atoms with E-state index < -0.39 is 16.3 Å². The van der Waals surface area contributed by atoms with Crippen molar-refractivity contribution in [3.05, 3.63) is 132 Å². The smallest absolute Gasteiger partial charge is 0.240 e. The summed E-state index contributed by atoms with van der Waals surface area (Å²) in [6.45, 7) is 0.174. The van der Waals surface area contributed by atoms with Crippen LogP contribution in [-0.2, 0) is 32.6 Å². The van der Waals surface area contributed by atoms with Crippen molar-refractivity contribution < 1.29 is 23.0 Å². The number of thioether (sulfide) groups is 1. The number of sulfonamides is 1. The van der Waals surface area contributed by atoms with Gasteiger partial charge in [-0.25, -0.2) is 18.1 Å². The van der Waals surface area contributed by atoms with Gasteiger partial charge in [-0.05, 0) is 46.0 Å². The van der Waals surface area contributed by atoms with E-state index in [1.807, 2.05) is 72.8 Å². The molecule has 226 valence electrons. The maximum atomic E-state index is 12.7. The second-order valence-corrected chi connectivity index (χ2v) is 13.2. The number of rotatable bonds is 11. The summed E-state index contributed by atoms with van der Waals surface area (Å²) < 4.78 is 40.9. The number of nitrogens with one attached hydrogen (secondary N) is 2. The molecular weight excluding hydrogens is 597 g/mol. The molecule has 0 bridgehead atoms. The van der Waals surface area contributed by atoms with E-state index >= 15 is 0 Å². The van der Waals surface area contributed by atoms with Crippen LogP contribution in [0.15, 0.2) is 120 Å². The molecule has 0 radical (unpaired) electrons. The molecule has 1 aliphatic rings. The SMILES string of the molecule is O=S(=O)(NCc1cccc(-c2ccc(C3OC(CSc4ncn[nH]4)CC(c4ccc(CO)cc4)O3)cc2)c1)c1ccccc1. The lowest BCUT2D eigenvalue weighted by Crippen LogP contribution is -2.31. The second kappa shape index (κ2) is 13.9. The van der Waals surface area contributed by atoms with E-state index in [9.17, 15) is 13.5 Å². The summed E-state index contributed by atoms with van der Waals surface area (Å²) in [7, 11) is -3.60. The fourth-order valence-electron chi connectivity index (χ4n) is 5.01. The summed E-state index contributed by atoms with van der Waals surface area (Å²) in [5.41, 5.74) is 5.59. The number of aliphatic hydroxyl groups excluding tert-OH is 1. The minimum absolute atomic E-state index is 0.00740. The summed E-state index contributed by atoms with van der Waals surface area (Å²) >= 11 is 1.55. The van der Waals surface area contributed by atoms with Gasteiger partial charge in [0.05, 0.1) is 23.7 Å². The zero-order valence-corrected chi connectivity index (χ0v) is 25.4. The number of aliphatic hydroxyl groups is 1. The molecule has 3 atom stereocenters. The normalized spacial score (nSPS) is 18.7. The zero-order chi connectivity index (χ0) is 30.4. The number of nitrogens with zero attached hydrogens (tertiary/aromatic N) is 2. The van der Waals surface area contributed by atoms with Crippen molar-refractivity contribution in [2.24, 2.45) is 0 Å². The number of aromatic amines is 1. The molecule has 3 unspecified atom stereocenters. The van der Waals surface area contributed by atoms with Crippen molar-refractivity contribution in [1.82, 2.24) is 19.9 Å². The Kier molecular flexibility index (Phi) is 9.51. The van der Waals surface area contributed by atoms with Crippen LogP contribution in [0.25, 0.3) is 11.1 Å². The van der Waals surface area contributed by atoms with E-state index in [0.29, 0.717) is 12.2 Å². The molecule has 0 saturated carbocycles. The van der Waals surface area contributed by atoms with Gasteiger partial charge >= 0.3 is 0 Å². The maximum absolute atomic E-state index is 12.7. The van der Waals surface area contributed by atoms with Crippen molar-refractivity contribution in [2.45, 2.75) is 48.1 Å². The van der Waals surface area contributed by atoms with Crippen LogP contribution in [0.2, 0.25) is 0 Å². The van der Waals surface area contributed by atoms with Crippen molar-refractivity contribution in [2.75, 3.05) is 5.75 Å². The van der Waals surface area contributed by atoms with Gasteiger partial charge in [-0.15, -0.1) is 0 Å². The van der Waals surface area contributed by atoms with Crippen molar-refractivity contribution in [1.29, 1.82) is 0 Å². The minimum atomic E-state index is -3.60. The first-order valence-corrected chi connectivity index (χ1v) is 16.7. The molecule has 6 rings (SSSR count). The predicted molar refractivity (Wildman–Crippen MR) is 168 cm³/mol. The molecule has 1 aromatic heterocycles. The molecule has 44 heavy (non-hydrogen) atoms. The standard InChI is InChI=1S/C33H32N4O5S2/c38-20-23-9-11-26(12-10-23)31-18-29(21-43-33-34-22-35-37-33)41-32(42-31)27-15-13-25(14-16-27)28-6-4-5-24(17-28)19-36-44(39,40)30-7-2-1-3-8-30/h1-17,22,29,31-32,36,38H,18-21H2,(H,34,35,37). The number of hydrogen-bond acceptors (Lipinski definition) is 8. The maximum Gasteiger partial charge on any atom is 0.240 e. The van der Waals surface area contributed by atoms with Gasteiger partial charge in [0.1, 0.15) is 6.33 Å². The molecule has 1 saturated heterocycles. The van der Waals surface area contributed by atoms with E-state index in [4.69, 9.17) is 9.47 Å². The molecule has 2 heterocycles. The van der Waals surface area contributed by atoms with Gasteiger partial charge in [-0.3, -0.25) is 5.10 Å². The highest BCUT2D eigenvalue weighted by Crippen LogP contribution is 2.39. The number of ether oxygens (including phenoxy) is 2. The zero-order valence-electron chi connectivity index (χ0n) is 23.7. The van der Waals surface area contributed by atoms with Gasteiger partial charge in [0, 0.05) is 24.3 Å². The van der Waals surface area contributed by atoms with Crippen LogP contribution in [0.4, 0.5) is 0 Å². The van der Waals surface area contributed by atoms with E-state index in [-0.39, 0.29) is 30.3 Å². The lowest BCUT2D eigenvalue weighted by molar-refractivity contribution is -0.245. The van der Waals surface area contributed by atoms with Gasteiger partial charge in [-0.2, -0.15) is 5.10 Å². The molecule has 11 heteroatoms. The molecule has 0 amide bonds. The van der Waals surface area contributed by atoms with Gasteiger partial charge in [0.2, 0.25) is 10.0 Å². The van der Waals surface area contributed by atoms with Crippen LogP contribution in [-0.4, -0.2) is 40.6 Å². The minimum Gasteiger partial charge on any atom is -0.392 e.